The van der Waals surface area contributed by atoms with E-state index < -0.39 is 0 Å². The van der Waals surface area contributed by atoms with Gasteiger partial charge in [-0.05, 0) is 89.3 Å². The van der Waals surface area contributed by atoms with Gasteiger partial charge < -0.3 is 10.2 Å². The van der Waals surface area contributed by atoms with Crippen LogP contribution in [0.3, 0.4) is 0 Å². The lowest BCUT2D eigenvalue weighted by Crippen LogP contribution is -2.43. The first-order valence-electron chi connectivity index (χ1n) is 9.24. The molecule has 0 spiro atoms. The van der Waals surface area contributed by atoms with E-state index in [2.05, 4.69) is 24.1 Å². The zero-order chi connectivity index (χ0) is 13.9. The fourth-order valence-electron chi connectivity index (χ4n) is 5.26. The Kier molecular flexibility index (Phi) is 5.04. The molecule has 2 saturated carbocycles. The second-order valence-electron chi connectivity index (χ2n) is 7.76. The summed E-state index contributed by atoms with van der Waals surface area (Å²) >= 11 is 0. The number of fused-ring (bicyclic) bond motifs is 2. The second kappa shape index (κ2) is 6.79. The molecule has 2 heteroatoms. The third-order valence-electron chi connectivity index (χ3n) is 6.29. The molecular formula is C18H34N2. The van der Waals surface area contributed by atoms with Gasteiger partial charge >= 0.3 is 0 Å². The maximum Gasteiger partial charge on any atom is 0.00823 e. The molecule has 3 rings (SSSR count). The molecule has 0 aromatic heterocycles. The van der Waals surface area contributed by atoms with Crippen LogP contribution in [0.15, 0.2) is 0 Å². The molecule has 3 fully saturated rings. The highest BCUT2D eigenvalue weighted by Crippen LogP contribution is 2.49. The fourth-order valence-corrected chi connectivity index (χ4v) is 5.26. The van der Waals surface area contributed by atoms with E-state index >= 15 is 0 Å². The van der Waals surface area contributed by atoms with E-state index in [0.29, 0.717) is 0 Å². The van der Waals surface area contributed by atoms with Gasteiger partial charge in [-0.1, -0.05) is 13.3 Å². The van der Waals surface area contributed by atoms with Crippen LogP contribution >= 0.6 is 0 Å². The second-order valence-corrected chi connectivity index (χ2v) is 7.76. The molecule has 2 aliphatic carbocycles. The summed E-state index contributed by atoms with van der Waals surface area (Å²) < 4.78 is 0. The summed E-state index contributed by atoms with van der Waals surface area (Å²) in [6.07, 6.45) is 11.6. The summed E-state index contributed by atoms with van der Waals surface area (Å²) in [7, 11) is 0. The van der Waals surface area contributed by atoms with Crippen LogP contribution in [0.1, 0.15) is 65.2 Å². The molecule has 1 saturated heterocycles. The largest absolute Gasteiger partial charge is 0.311 e. The summed E-state index contributed by atoms with van der Waals surface area (Å²) in [5, 5.41) is 4.02. The third-order valence-corrected chi connectivity index (χ3v) is 6.29. The van der Waals surface area contributed by atoms with Gasteiger partial charge in [-0.25, -0.2) is 0 Å². The monoisotopic (exact) mass is 278 g/mol. The Morgan fingerprint density at radius 1 is 1.10 bits per heavy atom. The van der Waals surface area contributed by atoms with Crippen molar-refractivity contribution in [3.8, 4) is 0 Å². The fraction of sp³-hybridized carbons (Fsp3) is 1.00. The molecule has 0 radical (unpaired) electrons. The van der Waals surface area contributed by atoms with Gasteiger partial charge in [0.15, 0.2) is 0 Å². The van der Waals surface area contributed by atoms with Crippen LogP contribution in [0.2, 0.25) is 0 Å². The van der Waals surface area contributed by atoms with Crippen LogP contribution in [0.4, 0.5) is 0 Å². The van der Waals surface area contributed by atoms with Gasteiger partial charge in [0.25, 0.3) is 0 Å². The van der Waals surface area contributed by atoms with Gasteiger partial charge in [0, 0.05) is 12.1 Å². The normalized spacial score (nSPS) is 39.9. The number of nitrogens with one attached hydrogen (secondary N) is 1. The lowest BCUT2D eigenvalue weighted by atomic mass is 9.83. The van der Waals surface area contributed by atoms with Gasteiger partial charge in [0.05, 0.1) is 0 Å². The number of hydrogen-bond donors (Lipinski definition) is 1. The van der Waals surface area contributed by atoms with Gasteiger partial charge in [0.1, 0.15) is 0 Å². The number of nitrogens with zero attached hydrogens (tertiary/aromatic N) is 1. The average Bonchev–Trinajstić information content (AvgIpc) is 3.00. The maximum absolute atomic E-state index is 4.02. The zero-order valence-corrected chi connectivity index (χ0v) is 13.6. The summed E-state index contributed by atoms with van der Waals surface area (Å²) in [4.78, 5) is 2.67. The predicted octanol–water partition coefficient (Wildman–Crippen LogP) is 3.67. The quantitative estimate of drug-likeness (QED) is 0.825. The van der Waals surface area contributed by atoms with Crippen molar-refractivity contribution >= 4 is 0 Å². The average molecular weight is 278 g/mol. The molecule has 2 nitrogen and oxygen atoms in total. The first-order valence-corrected chi connectivity index (χ1v) is 9.24. The van der Waals surface area contributed by atoms with E-state index in [0.717, 1.165) is 29.8 Å². The minimum Gasteiger partial charge on any atom is -0.311 e. The molecular weight excluding hydrogens is 244 g/mol. The van der Waals surface area contributed by atoms with Crippen LogP contribution in [0.5, 0.6) is 0 Å². The first-order chi connectivity index (χ1) is 9.76. The molecule has 5 atom stereocenters. The van der Waals surface area contributed by atoms with Crippen molar-refractivity contribution in [2.75, 3.05) is 19.6 Å². The van der Waals surface area contributed by atoms with Crippen molar-refractivity contribution in [2.24, 2.45) is 17.8 Å². The molecule has 20 heavy (non-hydrogen) atoms. The summed E-state index contributed by atoms with van der Waals surface area (Å²) in [5.74, 6) is 3.14. The van der Waals surface area contributed by atoms with Gasteiger partial charge in [-0.3, -0.25) is 0 Å². The SMILES string of the molecule is CCCN1CCCC(NC(C)C2CC3CCC2C3)CC1. The Morgan fingerprint density at radius 2 is 2.00 bits per heavy atom. The molecule has 0 aromatic rings. The van der Waals surface area contributed by atoms with E-state index in [-0.39, 0.29) is 0 Å². The van der Waals surface area contributed by atoms with Crippen molar-refractivity contribution in [2.45, 2.75) is 77.3 Å². The van der Waals surface area contributed by atoms with E-state index in [1.54, 1.807) is 6.42 Å². The van der Waals surface area contributed by atoms with Gasteiger partial charge in [-0.15, -0.1) is 0 Å². The Bertz CT molecular complexity index is 304. The highest BCUT2D eigenvalue weighted by atomic mass is 15.1. The Morgan fingerprint density at radius 3 is 2.70 bits per heavy atom. The van der Waals surface area contributed by atoms with E-state index in [4.69, 9.17) is 0 Å². The van der Waals surface area contributed by atoms with Crippen molar-refractivity contribution < 1.29 is 0 Å². The Balaban J connectivity index is 1.45. The topological polar surface area (TPSA) is 15.3 Å². The first kappa shape index (κ1) is 14.8. The van der Waals surface area contributed by atoms with E-state index in [1.165, 1.54) is 64.6 Å². The van der Waals surface area contributed by atoms with Crippen LogP contribution in [0.25, 0.3) is 0 Å². The zero-order valence-electron chi connectivity index (χ0n) is 13.6. The third kappa shape index (κ3) is 3.39. The number of rotatable bonds is 5. The highest BCUT2D eigenvalue weighted by Gasteiger charge is 2.42. The minimum absolute atomic E-state index is 0.757. The predicted molar refractivity (Wildman–Crippen MR) is 85.9 cm³/mol. The van der Waals surface area contributed by atoms with Crippen molar-refractivity contribution in [3.63, 3.8) is 0 Å². The number of hydrogen-bond acceptors (Lipinski definition) is 2. The molecule has 5 unspecified atom stereocenters. The van der Waals surface area contributed by atoms with Crippen LogP contribution in [-0.2, 0) is 0 Å². The molecule has 1 heterocycles. The van der Waals surface area contributed by atoms with Crippen LogP contribution < -0.4 is 5.32 Å². The molecule has 0 aromatic carbocycles. The smallest absolute Gasteiger partial charge is 0.00823 e. The number of likely N-dealkylation sites (tertiary alicyclic amines) is 1. The van der Waals surface area contributed by atoms with Gasteiger partial charge in [0.2, 0.25) is 0 Å². The molecule has 116 valence electrons. The molecule has 0 amide bonds. The maximum atomic E-state index is 4.02. The van der Waals surface area contributed by atoms with Crippen LogP contribution in [0, 0.1) is 17.8 Å². The molecule has 2 bridgehead atoms. The molecule has 3 aliphatic rings. The summed E-state index contributed by atoms with van der Waals surface area (Å²) in [5.41, 5.74) is 0. The standard InChI is InChI=1S/C18H34N2/c1-3-9-20-10-4-5-17(8-11-20)19-14(2)18-13-15-6-7-16(18)12-15/h14-19H,3-13H2,1-2H3. The molecule has 1 aliphatic heterocycles. The van der Waals surface area contributed by atoms with Crippen molar-refractivity contribution in [3.05, 3.63) is 0 Å². The van der Waals surface area contributed by atoms with E-state index in [1.807, 2.05) is 0 Å². The van der Waals surface area contributed by atoms with E-state index in [9.17, 15) is 0 Å². The lowest BCUT2D eigenvalue weighted by molar-refractivity contribution is 0.235. The Labute approximate surface area is 125 Å². The van der Waals surface area contributed by atoms with Crippen molar-refractivity contribution in [1.29, 1.82) is 0 Å². The van der Waals surface area contributed by atoms with Crippen LogP contribution in [-0.4, -0.2) is 36.6 Å². The molecule has 1 N–H and O–H groups in total. The van der Waals surface area contributed by atoms with Gasteiger partial charge in [-0.2, -0.15) is 0 Å². The van der Waals surface area contributed by atoms with Crippen molar-refractivity contribution in [1.82, 2.24) is 10.2 Å². The Hall–Kier alpha value is -0.0800. The highest BCUT2D eigenvalue weighted by molar-refractivity contribution is 4.95. The lowest BCUT2D eigenvalue weighted by Gasteiger charge is -2.32. The summed E-state index contributed by atoms with van der Waals surface area (Å²) in [6.45, 7) is 8.72. The minimum atomic E-state index is 0.757. The summed E-state index contributed by atoms with van der Waals surface area (Å²) in [6, 6.07) is 1.54.